The molecule has 0 unspecified atom stereocenters. The molecule has 132 valence electrons. The molecular formula is C19H18N4O2S. The van der Waals surface area contributed by atoms with Crippen molar-refractivity contribution in [2.75, 3.05) is 0 Å². The molecule has 1 aromatic carbocycles. The molecule has 0 aliphatic carbocycles. The van der Waals surface area contributed by atoms with Gasteiger partial charge in [-0.05, 0) is 50.3 Å². The second-order valence-corrected chi connectivity index (χ2v) is 6.60. The smallest absolute Gasteiger partial charge is 0.256 e. The molecule has 3 aromatic rings. The van der Waals surface area contributed by atoms with Gasteiger partial charge in [0.25, 0.3) is 5.91 Å². The predicted octanol–water partition coefficient (Wildman–Crippen LogP) is 3.04. The molecule has 1 aliphatic rings. The Balaban J connectivity index is 1.67. The second kappa shape index (κ2) is 6.42. The van der Waals surface area contributed by atoms with Crippen LogP contribution in [0.5, 0.6) is 0 Å². The largest absolute Gasteiger partial charge is 0.467 e. The monoisotopic (exact) mass is 366 g/mol. The van der Waals surface area contributed by atoms with Gasteiger partial charge in [-0.15, -0.1) is 0 Å². The number of para-hydroxylation sites is 1. The molecule has 1 aliphatic heterocycles. The summed E-state index contributed by atoms with van der Waals surface area (Å²) in [5, 5.41) is 8.18. The zero-order chi connectivity index (χ0) is 18.3. The van der Waals surface area contributed by atoms with Crippen LogP contribution >= 0.6 is 12.2 Å². The molecule has 26 heavy (non-hydrogen) atoms. The summed E-state index contributed by atoms with van der Waals surface area (Å²) in [7, 11) is 0. The van der Waals surface area contributed by atoms with E-state index in [-0.39, 0.29) is 5.91 Å². The van der Waals surface area contributed by atoms with Crippen molar-refractivity contribution >= 4 is 23.2 Å². The van der Waals surface area contributed by atoms with Crippen molar-refractivity contribution in [2.45, 2.75) is 26.4 Å². The second-order valence-electron chi connectivity index (χ2n) is 6.22. The maximum absolute atomic E-state index is 13.0. The van der Waals surface area contributed by atoms with Crippen molar-refractivity contribution in [2.24, 2.45) is 0 Å². The van der Waals surface area contributed by atoms with Crippen molar-refractivity contribution in [1.82, 2.24) is 20.0 Å². The van der Waals surface area contributed by atoms with E-state index < -0.39 is 6.04 Å². The molecule has 0 spiro atoms. The van der Waals surface area contributed by atoms with Gasteiger partial charge in [-0.1, -0.05) is 18.2 Å². The number of carbonyl (C=O) groups is 1. The number of hydrogen-bond acceptors (Lipinski definition) is 4. The molecule has 2 aromatic heterocycles. The highest BCUT2D eigenvalue weighted by atomic mass is 32.1. The number of rotatable bonds is 4. The summed E-state index contributed by atoms with van der Waals surface area (Å²) in [4.78, 5) is 14.5. The molecule has 3 heterocycles. The van der Waals surface area contributed by atoms with E-state index in [1.54, 1.807) is 12.3 Å². The molecular weight excluding hydrogens is 348 g/mol. The van der Waals surface area contributed by atoms with E-state index in [1.807, 2.05) is 54.9 Å². The molecule has 1 atom stereocenters. The number of benzene rings is 1. The Hall–Kier alpha value is -2.93. The van der Waals surface area contributed by atoms with Gasteiger partial charge in [-0.2, -0.15) is 5.10 Å². The van der Waals surface area contributed by atoms with Crippen LogP contribution in [0.3, 0.4) is 0 Å². The third-order valence-electron chi connectivity index (χ3n) is 4.56. The maximum atomic E-state index is 13.0. The fraction of sp³-hybridized carbons (Fsp3) is 0.211. The summed E-state index contributed by atoms with van der Waals surface area (Å²) in [5.74, 6) is 0.599. The van der Waals surface area contributed by atoms with E-state index in [0.717, 1.165) is 22.6 Å². The van der Waals surface area contributed by atoms with Gasteiger partial charge in [0, 0.05) is 11.3 Å². The van der Waals surface area contributed by atoms with Crippen molar-refractivity contribution in [3.8, 4) is 5.69 Å². The van der Waals surface area contributed by atoms with E-state index in [0.29, 0.717) is 17.4 Å². The first-order chi connectivity index (χ1) is 12.6. The number of furan rings is 1. The number of amides is 1. The van der Waals surface area contributed by atoms with Crippen molar-refractivity contribution in [3.05, 3.63) is 71.4 Å². The van der Waals surface area contributed by atoms with Gasteiger partial charge in [0.05, 0.1) is 24.2 Å². The summed E-state index contributed by atoms with van der Waals surface area (Å²) >= 11 is 5.38. The van der Waals surface area contributed by atoms with Crippen LogP contribution in [0.25, 0.3) is 5.69 Å². The first-order valence-corrected chi connectivity index (χ1v) is 8.73. The topological polar surface area (TPSA) is 63.3 Å². The Labute approximate surface area is 156 Å². The lowest BCUT2D eigenvalue weighted by atomic mass is 10.0. The van der Waals surface area contributed by atoms with Gasteiger partial charge >= 0.3 is 0 Å². The van der Waals surface area contributed by atoms with Crippen LogP contribution in [-0.4, -0.2) is 25.7 Å². The Kier molecular flexibility index (Phi) is 4.08. The average Bonchev–Trinajstić information content (AvgIpc) is 3.32. The third kappa shape index (κ3) is 2.70. The third-order valence-corrected chi connectivity index (χ3v) is 4.89. The van der Waals surface area contributed by atoms with Gasteiger partial charge in [-0.3, -0.25) is 9.69 Å². The average molecular weight is 366 g/mol. The minimum absolute atomic E-state index is 0.0924. The summed E-state index contributed by atoms with van der Waals surface area (Å²) in [5.41, 5.74) is 3.55. The van der Waals surface area contributed by atoms with E-state index in [2.05, 4.69) is 10.4 Å². The molecule has 1 fully saturated rings. The number of aromatic nitrogens is 2. The van der Waals surface area contributed by atoms with Crippen molar-refractivity contribution < 1.29 is 9.21 Å². The van der Waals surface area contributed by atoms with E-state index >= 15 is 0 Å². The number of nitrogens with one attached hydrogen (secondary N) is 1. The molecule has 1 amide bonds. The summed E-state index contributed by atoms with van der Waals surface area (Å²) in [6.45, 7) is 4.20. The fourth-order valence-corrected chi connectivity index (χ4v) is 3.59. The molecule has 0 saturated carbocycles. The molecule has 4 rings (SSSR count). The standard InChI is InChI=1S/C19H18N4O2S/c1-12-16(13(2)23(21-12)14-7-4-3-5-8-14)17-18(24)22(19(26)20-17)11-15-9-6-10-25-15/h3-10,17H,11H2,1-2H3,(H,20,26)/t17-/m0/s1. The number of carbonyl (C=O) groups excluding carboxylic acids is 1. The molecule has 1 saturated heterocycles. The van der Waals surface area contributed by atoms with Crippen molar-refractivity contribution in [1.29, 1.82) is 0 Å². The normalized spacial score (nSPS) is 17.0. The Bertz CT molecular complexity index is 963. The Morgan fingerprint density at radius 1 is 1.19 bits per heavy atom. The van der Waals surface area contributed by atoms with Crippen LogP contribution in [0.15, 0.2) is 53.1 Å². The summed E-state index contributed by atoms with van der Waals surface area (Å²) in [6, 6.07) is 12.9. The highest BCUT2D eigenvalue weighted by Crippen LogP contribution is 2.29. The predicted molar refractivity (Wildman–Crippen MR) is 101 cm³/mol. The van der Waals surface area contributed by atoms with E-state index in [9.17, 15) is 4.79 Å². The molecule has 0 bridgehead atoms. The lowest BCUT2D eigenvalue weighted by Gasteiger charge is -2.13. The van der Waals surface area contributed by atoms with Gasteiger partial charge in [0.2, 0.25) is 0 Å². The number of aryl methyl sites for hydroxylation is 1. The first-order valence-electron chi connectivity index (χ1n) is 8.32. The number of thiocarbonyl (C=S) groups is 1. The van der Waals surface area contributed by atoms with Gasteiger partial charge in [0.15, 0.2) is 5.11 Å². The lowest BCUT2D eigenvalue weighted by molar-refractivity contribution is -0.127. The number of hydrogen-bond donors (Lipinski definition) is 1. The minimum atomic E-state index is -0.532. The van der Waals surface area contributed by atoms with Gasteiger partial charge in [-0.25, -0.2) is 4.68 Å². The number of nitrogens with zero attached hydrogens (tertiary/aromatic N) is 3. The molecule has 6 nitrogen and oxygen atoms in total. The van der Waals surface area contributed by atoms with Crippen LogP contribution in [0.1, 0.15) is 28.8 Å². The molecule has 0 radical (unpaired) electrons. The SMILES string of the molecule is Cc1nn(-c2ccccc2)c(C)c1[C@@H]1NC(=S)N(Cc2ccco2)C1=O. The lowest BCUT2D eigenvalue weighted by Crippen LogP contribution is -2.29. The minimum Gasteiger partial charge on any atom is -0.467 e. The highest BCUT2D eigenvalue weighted by Gasteiger charge is 2.39. The quantitative estimate of drug-likeness (QED) is 0.719. The van der Waals surface area contributed by atoms with Crippen LogP contribution in [0.4, 0.5) is 0 Å². The van der Waals surface area contributed by atoms with Gasteiger partial charge < -0.3 is 9.73 Å². The van der Waals surface area contributed by atoms with Crippen LogP contribution in [0, 0.1) is 13.8 Å². The molecule has 1 N–H and O–H groups in total. The van der Waals surface area contributed by atoms with Crippen LogP contribution < -0.4 is 5.32 Å². The van der Waals surface area contributed by atoms with E-state index in [4.69, 9.17) is 16.6 Å². The first kappa shape index (κ1) is 16.5. The van der Waals surface area contributed by atoms with Crippen molar-refractivity contribution in [3.63, 3.8) is 0 Å². The summed E-state index contributed by atoms with van der Waals surface area (Å²) in [6.07, 6.45) is 1.59. The Morgan fingerprint density at radius 3 is 2.65 bits per heavy atom. The zero-order valence-electron chi connectivity index (χ0n) is 14.5. The summed E-state index contributed by atoms with van der Waals surface area (Å²) < 4.78 is 7.20. The van der Waals surface area contributed by atoms with Crippen LogP contribution in [-0.2, 0) is 11.3 Å². The van der Waals surface area contributed by atoms with E-state index in [1.165, 1.54) is 4.90 Å². The molecule has 7 heteroatoms. The van der Waals surface area contributed by atoms with Crippen LogP contribution in [0.2, 0.25) is 0 Å². The fourth-order valence-electron chi connectivity index (χ4n) is 3.32. The van der Waals surface area contributed by atoms with Gasteiger partial charge in [0.1, 0.15) is 11.8 Å². The Morgan fingerprint density at radius 2 is 1.96 bits per heavy atom. The maximum Gasteiger partial charge on any atom is 0.256 e. The zero-order valence-corrected chi connectivity index (χ0v) is 15.3. The highest BCUT2D eigenvalue weighted by molar-refractivity contribution is 7.80.